The van der Waals surface area contributed by atoms with Crippen LogP contribution in [0.15, 0.2) is 59.5 Å². The molecule has 112 valence electrons. The zero-order valence-electron chi connectivity index (χ0n) is 11.5. The van der Waals surface area contributed by atoms with Gasteiger partial charge in [-0.3, -0.25) is 0 Å². The number of sulfone groups is 1. The molecule has 22 heavy (non-hydrogen) atoms. The van der Waals surface area contributed by atoms with Crippen LogP contribution in [0, 0.1) is 17.1 Å². The summed E-state index contributed by atoms with van der Waals surface area (Å²) in [6, 6.07) is 15.2. The topological polar surface area (TPSA) is 83.9 Å². The average Bonchev–Trinajstić information content (AvgIpc) is 3.17. The van der Waals surface area contributed by atoms with E-state index < -0.39 is 32.4 Å². The van der Waals surface area contributed by atoms with Crippen LogP contribution in [0.4, 0.5) is 4.39 Å². The Morgan fingerprint density at radius 2 is 1.68 bits per heavy atom. The van der Waals surface area contributed by atoms with Gasteiger partial charge in [0.15, 0.2) is 9.84 Å². The van der Waals surface area contributed by atoms with Gasteiger partial charge >= 0.3 is 0 Å². The molecule has 0 spiro atoms. The molecule has 2 aromatic carbocycles. The fourth-order valence-corrected chi connectivity index (χ4v) is 5.03. The van der Waals surface area contributed by atoms with E-state index in [0.29, 0.717) is 5.56 Å². The normalized spacial score (nSPS) is 27.1. The second-order valence-electron chi connectivity index (χ2n) is 5.35. The number of benzene rings is 2. The van der Waals surface area contributed by atoms with E-state index in [0.717, 1.165) is 0 Å². The van der Waals surface area contributed by atoms with Gasteiger partial charge in [-0.05, 0) is 29.8 Å². The summed E-state index contributed by atoms with van der Waals surface area (Å²) in [4.78, 5) is 0.134. The Balaban J connectivity index is 2.04. The van der Waals surface area contributed by atoms with Gasteiger partial charge in [0.2, 0.25) is 0 Å². The summed E-state index contributed by atoms with van der Waals surface area (Å²) in [6.07, 6.45) is 0. The molecule has 1 aliphatic rings. The van der Waals surface area contributed by atoms with E-state index in [1.54, 1.807) is 18.2 Å². The van der Waals surface area contributed by atoms with Crippen LogP contribution in [0.3, 0.4) is 0 Å². The largest absolute Gasteiger partial charge is 0.312 e. The second-order valence-corrected chi connectivity index (χ2v) is 7.42. The van der Waals surface area contributed by atoms with E-state index in [1.165, 1.54) is 36.4 Å². The number of nitriles is 1. The highest BCUT2D eigenvalue weighted by atomic mass is 32.2. The lowest BCUT2D eigenvalue weighted by Gasteiger charge is -2.04. The first-order chi connectivity index (χ1) is 10.4. The van der Waals surface area contributed by atoms with Gasteiger partial charge in [-0.1, -0.05) is 30.3 Å². The second kappa shape index (κ2) is 4.90. The Kier molecular flexibility index (Phi) is 3.28. The maximum Gasteiger partial charge on any atom is 0.184 e. The third-order valence-corrected chi connectivity index (χ3v) is 6.27. The van der Waals surface area contributed by atoms with Crippen molar-refractivity contribution < 1.29 is 12.8 Å². The van der Waals surface area contributed by atoms with Crippen molar-refractivity contribution in [1.82, 2.24) is 0 Å². The lowest BCUT2D eigenvalue weighted by Crippen LogP contribution is -2.29. The van der Waals surface area contributed by atoms with Crippen LogP contribution < -0.4 is 5.73 Å². The first kappa shape index (κ1) is 14.7. The number of hydrogen-bond donors (Lipinski definition) is 1. The Labute approximate surface area is 127 Å². The van der Waals surface area contributed by atoms with Crippen LogP contribution in [0.2, 0.25) is 0 Å². The minimum absolute atomic E-state index is 0.134. The molecular weight excluding hydrogens is 303 g/mol. The zero-order chi connectivity index (χ0) is 16.0. The number of nitrogens with zero attached hydrogens (tertiary/aromatic N) is 1. The van der Waals surface area contributed by atoms with Gasteiger partial charge in [-0.15, -0.1) is 0 Å². The quantitative estimate of drug-likeness (QED) is 0.938. The van der Waals surface area contributed by atoms with Gasteiger partial charge in [0.05, 0.1) is 11.0 Å². The van der Waals surface area contributed by atoms with Crippen molar-refractivity contribution in [3.05, 3.63) is 66.0 Å². The highest BCUT2D eigenvalue weighted by molar-refractivity contribution is 7.92. The summed E-state index contributed by atoms with van der Waals surface area (Å²) in [5.74, 6) is -1.09. The third kappa shape index (κ3) is 2.10. The van der Waals surface area contributed by atoms with Crippen molar-refractivity contribution in [2.45, 2.75) is 21.6 Å². The molecule has 2 N–H and O–H groups in total. The molecule has 3 rings (SSSR count). The highest BCUT2D eigenvalue weighted by Crippen LogP contribution is 2.55. The standard InChI is InChI=1S/C16H13FN2O2S/c17-12-8-6-11(7-9-12)14-15(16(14,19)10-18)22(20,21)13-4-2-1-3-5-13/h1-9,14-15H,19H2/t14-,15+,16-/m0/s1. The first-order valence-electron chi connectivity index (χ1n) is 6.66. The molecule has 4 nitrogen and oxygen atoms in total. The fraction of sp³-hybridized carbons (Fsp3) is 0.188. The summed E-state index contributed by atoms with van der Waals surface area (Å²) >= 11 is 0. The monoisotopic (exact) mass is 316 g/mol. The van der Waals surface area contributed by atoms with Crippen LogP contribution >= 0.6 is 0 Å². The Bertz CT molecular complexity index is 844. The minimum atomic E-state index is -3.73. The Hall–Kier alpha value is -2.23. The van der Waals surface area contributed by atoms with Crippen LogP contribution in [0.25, 0.3) is 0 Å². The van der Waals surface area contributed by atoms with Crippen LogP contribution in [-0.2, 0) is 9.84 Å². The van der Waals surface area contributed by atoms with Crippen LogP contribution in [0.5, 0.6) is 0 Å². The molecular formula is C16H13FN2O2S. The summed E-state index contributed by atoms with van der Waals surface area (Å²) < 4.78 is 38.5. The van der Waals surface area contributed by atoms with Gasteiger partial charge in [0.25, 0.3) is 0 Å². The van der Waals surface area contributed by atoms with Crippen molar-refractivity contribution in [2.75, 3.05) is 0 Å². The first-order valence-corrected chi connectivity index (χ1v) is 8.20. The van der Waals surface area contributed by atoms with Gasteiger partial charge in [-0.2, -0.15) is 5.26 Å². The third-order valence-electron chi connectivity index (χ3n) is 4.01. The maximum absolute atomic E-state index is 13.0. The lowest BCUT2D eigenvalue weighted by atomic mass is 10.1. The summed E-state index contributed by atoms with van der Waals surface area (Å²) in [6.45, 7) is 0. The smallest absolute Gasteiger partial charge is 0.184 e. The van der Waals surface area contributed by atoms with E-state index in [1.807, 2.05) is 6.07 Å². The van der Waals surface area contributed by atoms with Crippen LogP contribution in [0.1, 0.15) is 11.5 Å². The van der Waals surface area contributed by atoms with Crippen molar-refractivity contribution >= 4 is 9.84 Å². The molecule has 0 aliphatic heterocycles. The van der Waals surface area contributed by atoms with E-state index >= 15 is 0 Å². The van der Waals surface area contributed by atoms with E-state index in [-0.39, 0.29) is 4.90 Å². The molecule has 0 unspecified atom stereocenters. The van der Waals surface area contributed by atoms with Crippen LogP contribution in [-0.4, -0.2) is 19.2 Å². The van der Waals surface area contributed by atoms with E-state index in [4.69, 9.17) is 5.73 Å². The van der Waals surface area contributed by atoms with Gasteiger partial charge in [-0.25, -0.2) is 12.8 Å². The molecule has 0 heterocycles. The number of nitrogens with two attached hydrogens (primary N) is 1. The molecule has 1 saturated carbocycles. The Morgan fingerprint density at radius 3 is 2.23 bits per heavy atom. The highest BCUT2D eigenvalue weighted by Gasteiger charge is 2.70. The molecule has 0 radical (unpaired) electrons. The molecule has 1 aliphatic carbocycles. The van der Waals surface area contributed by atoms with E-state index in [2.05, 4.69) is 0 Å². The molecule has 2 aromatic rings. The van der Waals surface area contributed by atoms with Crippen molar-refractivity contribution in [3.8, 4) is 6.07 Å². The average molecular weight is 316 g/mol. The SMILES string of the molecule is N#C[C@@]1(N)[C@H](S(=O)(=O)c2ccccc2)[C@@H]1c1ccc(F)cc1. The number of rotatable bonds is 3. The van der Waals surface area contributed by atoms with Gasteiger partial charge in [0, 0.05) is 5.92 Å². The predicted molar refractivity (Wildman–Crippen MR) is 79.1 cm³/mol. The maximum atomic E-state index is 13.0. The summed E-state index contributed by atoms with van der Waals surface area (Å²) in [5, 5.41) is 8.29. The molecule has 1 fully saturated rings. The van der Waals surface area contributed by atoms with Crippen molar-refractivity contribution in [3.63, 3.8) is 0 Å². The molecule has 3 atom stereocenters. The van der Waals surface area contributed by atoms with Gasteiger partial charge in [0.1, 0.15) is 16.6 Å². The molecule has 0 aromatic heterocycles. The number of hydrogen-bond acceptors (Lipinski definition) is 4. The molecule has 0 saturated heterocycles. The van der Waals surface area contributed by atoms with Gasteiger partial charge < -0.3 is 5.73 Å². The zero-order valence-corrected chi connectivity index (χ0v) is 12.3. The summed E-state index contributed by atoms with van der Waals surface area (Å²) in [5.41, 5.74) is 5.05. The predicted octanol–water partition coefficient (Wildman–Crippen LogP) is 1.99. The van der Waals surface area contributed by atoms with E-state index in [9.17, 15) is 18.1 Å². The summed E-state index contributed by atoms with van der Waals surface area (Å²) in [7, 11) is -3.73. The molecule has 0 amide bonds. The Morgan fingerprint density at radius 1 is 1.09 bits per heavy atom. The number of halogens is 1. The minimum Gasteiger partial charge on any atom is -0.312 e. The molecule has 0 bridgehead atoms. The van der Waals surface area contributed by atoms with Crippen molar-refractivity contribution in [2.24, 2.45) is 5.73 Å². The molecule has 6 heteroatoms. The van der Waals surface area contributed by atoms with Crippen molar-refractivity contribution in [1.29, 1.82) is 5.26 Å². The fourth-order valence-electron chi connectivity index (χ4n) is 2.82. The lowest BCUT2D eigenvalue weighted by molar-refractivity contribution is 0.592.